The molecule has 0 bridgehead atoms. The maximum Gasteiger partial charge on any atom is 0.273 e. The lowest BCUT2D eigenvalue weighted by atomic mass is 9.95. The van der Waals surface area contributed by atoms with E-state index in [4.69, 9.17) is 10.2 Å². The van der Waals surface area contributed by atoms with Gasteiger partial charge in [-0.3, -0.25) is 19.3 Å². The van der Waals surface area contributed by atoms with Crippen LogP contribution in [0.2, 0.25) is 0 Å². The summed E-state index contributed by atoms with van der Waals surface area (Å²) < 4.78 is 10.0. The number of hydrogen-bond acceptors (Lipinski definition) is 7. The van der Waals surface area contributed by atoms with Crippen molar-refractivity contribution in [3.8, 4) is 0 Å². The van der Waals surface area contributed by atoms with Crippen molar-refractivity contribution < 1.29 is 18.8 Å². The third-order valence-corrected chi connectivity index (χ3v) is 9.01. The summed E-state index contributed by atoms with van der Waals surface area (Å²) in [6.07, 6.45) is 10.5. The summed E-state index contributed by atoms with van der Waals surface area (Å²) in [6, 6.07) is 10.0. The zero-order valence-corrected chi connectivity index (χ0v) is 24.5. The predicted octanol–water partition coefficient (Wildman–Crippen LogP) is 5.95. The number of nitrogens with zero attached hydrogens (tertiary/aromatic N) is 2. The number of amides is 3. The Hall–Kier alpha value is -3.66. The van der Waals surface area contributed by atoms with Gasteiger partial charge in [-0.15, -0.1) is 0 Å². The first-order valence-corrected chi connectivity index (χ1v) is 15.4. The maximum atomic E-state index is 14.4. The number of anilines is 2. The molecule has 0 spiro atoms. The molecule has 1 atom stereocenters. The molecule has 218 valence electrons. The fourth-order valence-corrected chi connectivity index (χ4v) is 6.53. The average Bonchev–Trinajstić information content (AvgIpc) is 3.75. The number of aromatic nitrogens is 1. The van der Waals surface area contributed by atoms with Crippen molar-refractivity contribution in [1.82, 2.24) is 15.0 Å². The van der Waals surface area contributed by atoms with Crippen LogP contribution in [0, 0.1) is 0 Å². The maximum absolute atomic E-state index is 14.4. The third kappa shape index (κ3) is 6.48. The lowest BCUT2D eigenvalue weighted by Crippen LogP contribution is -2.46. The molecule has 41 heavy (non-hydrogen) atoms. The van der Waals surface area contributed by atoms with Crippen LogP contribution in [0.1, 0.15) is 115 Å². The topological polar surface area (TPSA) is 131 Å². The van der Waals surface area contributed by atoms with Gasteiger partial charge in [0.25, 0.3) is 17.7 Å². The van der Waals surface area contributed by atoms with Crippen molar-refractivity contribution >= 4 is 40.6 Å². The van der Waals surface area contributed by atoms with Gasteiger partial charge in [-0.05, 0) is 73.0 Å². The number of furan rings is 1. The van der Waals surface area contributed by atoms with E-state index in [9.17, 15) is 14.4 Å². The number of nitrogens with two attached hydrogens (primary N) is 1. The predicted molar refractivity (Wildman–Crippen MR) is 160 cm³/mol. The summed E-state index contributed by atoms with van der Waals surface area (Å²) in [5, 5.41) is 6.17. The minimum atomic E-state index is -1.08. The number of carbonyl (C=O) groups excluding carboxylic acids is 3. The van der Waals surface area contributed by atoms with Gasteiger partial charge in [0.2, 0.25) is 0 Å². The number of nitrogens with one attached hydrogen (secondary N) is 2. The second-order valence-corrected chi connectivity index (χ2v) is 12.2. The number of hydrogen-bond donors (Lipinski definition) is 3. The molecule has 0 saturated heterocycles. The molecule has 0 radical (unpaired) electrons. The molecule has 2 aliphatic rings. The first kappa shape index (κ1) is 28.9. The van der Waals surface area contributed by atoms with Crippen LogP contribution in [0.3, 0.4) is 0 Å². The molecule has 3 aromatic rings. The van der Waals surface area contributed by atoms with Crippen LogP contribution in [-0.4, -0.2) is 34.2 Å². The quantitative estimate of drug-likeness (QED) is 0.288. The first-order chi connectivity index (χ1) is 19.8. The SMILES string of the molecule is CC(C)c1ccc(N(C(=O)c2snc(C(=O)NC3CCCCC3)c2N)[C@@H](C(=O)NC2CCCC2)c2ccco2)cc1. The van der Waals surface area contributed by atoms with Gasteiger partial charge in [-0.2, -0.15) is 4.37 Å². The van der Waals surface area contributed by atoms with Crippen molar-refractivity contribution in [2.24, 2.45) is 0 Å². The monoisotopic (exact) mass is 577 g/mol. The zero-order chi connectivity index (χ0) is 28.9. The molecule has 2 saturated carbocycles. The van der Waals surface area contributed by atoms with Crippen molar-refractivity contribution in [1.29, 1.82) is 0 Å². The standard InChI is InChI=1S/C31H39N5O4S/c1-19(2)20-14-16-23(17-15-20)36(27(24-13-8-18-40-24)30(38)34-22-11-6-7-12-22)31(39)28-25(32)26(35-41-28)29(37)33-21-9-4-3-5-10-21/h8,13-19,21-22,27H,3-7,9-12,32H2,1-2H3,(H,33,37)(H,34,38)/t27-/m1/s1. The van der Waals surface area contributed by atoms with Crippen LogP contribution in [0.15, 0.2) is 47.1 Å². The van der Waals surface area contributed by atoms with E-state index in [1.807, 2.05) is 24.3 Å². The number of carbonyl (C=O) groups is 3. The fourth-order valence-electron chi connectivity index (χ4n) is 5.80. The Labute approximate surface area is 245 Å². The minimum Gasteiger partial charge on any atom is -0.467 e. The lowest BCUT2D eigenvalue weighted by Gasteiger charge is -2.30. The van der Waals surface area contributed by atoms with E-state index in [1.165, 1.54) is 17.6 Å². The van der Waals surface area contributed by atoms with Crippen LogP contribution in [-0.2, 0) is 4.79 Å². The highest BCUT2D eigenvalue weighted by Crippen LogP contribution is 2.35. The molecule has 9 nitrogen and oxygen atoms in total. The van der Waals surface area contributed by atoms with Crippen molar-refractivity contribution in [3.63, 3.8) is 0 Å². The molecule has 2 aliphatic carbocycles. The van der Waals surface area contributed by atoms with Gasteiger partial charge in [-0.25, -0.2) is 0 Å². The van der Waals surface area contributed by atoms with Gasteiger partial charge >= 0.3 is 0 Å². The Kier molecular flexibility index (Phi) is 9.07. The summed E-state index contributed by atoms with van der Waals surface area (Å²) in [5.41, 5.74) is 8.12. The van der Waals surface area contributed by atoms with Gasteiger partial charge in [0, 0.05) is 17.8 Å². The Balaban J connectivity index is 1.51. The smallest absolute Gasteiger partial charge is 0.273 e. The lowest BCUT2D eigenvalue weighted by molar-refractivity contribution is -0.123. The van der Waals surface area contributed by atoms with E-state index in [2.05, 4.69) is 28.9 Å². The molecule has 2 heterocycles. The van der Waals surface area contributed by atoms with E-state index in [0.29, 0.717) is 17.4 Å². The second kappa shape index (κ2) is 12.9. The Morgan fingerprint density at radius 2 is 1.59 bits per heavy atom. The molecule has 5 rings (SSSR count). The molecule has 4 N–H and O–H groups in total. The Morgan fingerprint density at radius 3 is 2.20 bits per heavy atom. The second-order valence-electron chi connectivity index (χ2n) is 11.4. The molecular formula is C31H39N5O4S. The highest BCUT2D eigenvalue weighted by atomic mass is 32.1. The summed E-state index contributed by atoms with van der Waals surface area (Å²) in [7, 11) is 0. The Morgan fingerprint density at radius 1 is 0.951 bits per heavy atom. The largest absolute Gasteiger partial charge is 0.467 e. The average molecular weight is 578 g/mol. The van der Waals surface area contributed by atoms with Crippen LogP contribution in [0.25, 0.3) is 0 Å². The van der Waals surface area contributed by atoms with Gasteiger partial charge in [-0.1, -0.05) is 58.1 Å². The van der Waals surface area contributed by atoms with E-state index in [0.717, 1.165) is 68.5 Å². The normalized spacial score (nSPS) is 17.0. The summed E-state index contributed by atoms with van der Waals surface area (Å²) >= 11 is 0.876. The summed E-state index contributed by atoms with van der Waals surface area (Å²) in [4.78, 5) is 42.8. The van der Waals surface area contributed by atoms with Gasteiger partial charge in [0.1, 0.15) is 10.6 Å². The minimum absolute atomic E-state index is 0.0199. The zero-order valence-electron chi connectivity index (χ0n) is 23.7. The molecule has 10 heteroatoms. The van der Waals surface area contributed by atoms with Crippen molar-refractivity contribution in [3.05, 3.63) is 64.6 Å². The molecule has 1 aromatic carbocycles. The summed E-state index contributed by atoms with van der Waals surface area (Å²) in [6.45, 7) is 4.19. The third-order valence-electron chi connectivity index (χ3n) is 8.16. The van der Waals surface area contributed by atoms with E-state index >= 15 is 0 Å². The highest BCUT2D eigenvalue weighted by molar-refractivity contribution is 7.09. The van der Waals surface area contributed by atoms with Crippen LogP contribution >= 0.6 is 11.5 Å². The number of nitrogen functional groups attached to an aromatic ring is 1. The van der Waals surface area contributed by atoms with Crippen molar-refractivity contribution in [2.45, 2.75) is 95.7 Å². The summed E-state index contributed by atoms with van der Waals surface area (Å²) in [5.74, 6) is -0.593. The van der Waals surface area contributed by atoms with Gasteiger partial charge in [0.15, 0.2) is 11.7 Å². The van der Waals surface area contributed by atoms with Gasteiger partial charge in [0.05, 0.1) is 12.0 Å². The molecular weight excluding hydrogens is 538 g/mol. The van der Waals surface area contributed by atoms with E-state index in [-0.39, 0.29) is 40.2 Å². The van der Waals surface area contributed by atoms with E-state index in [1.54, 1.807) is 12.1 Å². The molecule has 2 aromatic heterocycles. The fraction of sp³-hybridized carbons (Fsp3) is 0.484. The molecule has 2 fully saturated rings. The number of rotatable bonds is 9. The highest BCUT2D eigenvalue weighted by Gasteiger charge is 2.38. The van der Waals surface area contributed by atoms with Gasteiger partial charge < -0.3 is 20.8 Å². The molecule has 0 unspecified atom stereocenters. The first-order valence-electron chi connectivity index (χ1n) is 14.7. The molecule has 0 aliphatic heterocycles. The molecule has 3 amide bonds. The van der Waals surface area contributed by atoms with Crippen molar-refractivity contribution in [2.75, 3.05) is 10.6 Å². The van der Waals surface area contributed by atoms with E-state index < -0.39 is 11.9 Å². The van der Waals surface area contributed by atoms with Crippen LogP contribution in [0.5, 0.6) is 0 Å². The number of benzene rings is 1. The Bertz CT molecular complexity index is 1340. The van der Waals surface area contributed by atoms with Crippen LogP contribution in [0.4, 0.5) is 11.4 Å². The van der Waals surface area contributed by atoms with Crippen LogP contribution < -0.4 is 21.3 Å².